The highest BCUT2D eigenvalue weighted by molar-refractivity contribution is 5.88. The van der Waals surface area contributed by atoms with Crippen LogP contribution in [0.1, 0.15) is 32.6 Å². The van der Waals surface area contributed by atoms with Gasteiger partial charge in [0.25, 0.3) is 5.91 Å². The van der Waals surface area contributed by atoms with E-state index in [9.17, 15) is 9.59 Å². The van der Waals surface area contributed by atoms with Crippen molar-refractivity contribution in [2.45, 2.75) is 43.7 Å². The van der Waals surface area contributed by atoms with E-state index in [-0.39, 0.29) is 11.8 Å². The number of likely N-dealkylation sites (N-methyl/N-ethyl adjacent to an activating group) is 1. The van der Waals surface area contributed by atoms with Gasteiger partial charge in [0, 0.05) is 32.8 Å². The van der Waals surface area contributed by atoms with E-state index in [1.165, 1.54) is 0 Å². The zero-order chi connectivity index (χ0) is 15.1. The molecule has 1 N–H and O–H groups in total. The molecule has 6 nitrogen and oxygen atoms in total. The van der Waals surface area contributed by atoms with Crippen LogP contribution in [0.2, 0.25) is 0 Å². The summed E-state index contributed by atoms with van der Waals surface area (Å²) in [6, 6.07) is 0. The van der Waals surface area contributed by atoms with Crippen molar-refractivity contribution in [2.24, 2.45) is 0 Å². The smallest absolute Gasteiger partial charge is 0.254 e. The maximum atomic E-state index is 12.6. The van der Waals surface area contributed by atoms with Crippen LogP contribution in [-0.4, -0.2) is 72.6 Å². The molecule has 6 heteroatoms. The standard InChI is InChI=1S/C15H25N3O3/c1-14(4-3-11-21-14)13(20)18-8-5-15(6-9-18)12(19)16-7-10-17(15)2/h3-11H2,1-2H3,(H,16,19)/t14-/m0/s1. The van der Waals surface area contributed by atoms with E-state index in [2.05, 4.69) is 10.2 Å². The maximum absolute atomic E-state index is 12.6. The number of ether oxygens (including phenoxy) is 1. The predicted octanol–water partition coefficient (Wildman–Crippen LogP) is -0.0217. The van der Waals surface area contributed by atoms with Gasteiger partial charge in [0.2, 0.25) is 5.91 Å². The quantitative estimate of drug-likeness (QED) is 0.738. The lowest BCUT2D eigenvalue weighted by Crippen LogP contribution is -2.67. The van der Waals surface area contributed by atoms with Crippen LogP contribution in [0.25, 0.3) is 0 Å². The normalized spacial score (nSPS) is 33.2. The van der Waals surface area contributed by atoms with Gasteiger partial charge >= 0.3 is 0 Å². The van der Waals surface area contributed by atoms with Crippen LogP contribution in [0.15, 0.2) is 0 Å². The lowest BCUT2D eigenvalue weighted by Gasteiger charge is -2.49. The number of piperidine rings is 1. The molecule has 0 aromatic carbocycles. The van der Waals surface area contributed by atoms with Gasteiger partial charge < -0.3 is 15.0 Å². The predicted molar refractivity (Wildman–Crippen MR) is 77.8 cm³/mol. The van der Waals surface area contributed by atoms with Crippen molar-refractivity contribution in [2.75, 3.05) is 39.8 Å². The second-order valence-electron chi connectivity index (χ2n) is 6.68. The number of hydrogen-bond donors (Lipinski definition) is 1. The average molecular weight is 295 g/mol. The molecule has 2 amide bonds. The van der Waals surface area contributed by atoms with Gasteiger partial charge in [0.1, 0.15) is 11.1 Å². The second-order valence-corrected chi connectivity index (χ2v) is 6.68. The van der Waals surface area contributed by atoms with Crippen LogP contribution in [0.5, 0.6) is 0 Å². The topological polar surface area (TPSA) is 61.9 Å². The number of carbonyl (C=O) groups is 2. The van der Waals surface area contributed by atoms with E-state index in [0.29, 0.717) is 39.1 Å². The monoisotopic (exact) mass is 295 g/mol. The fraction of sp³-hybridized carbons (Fsp3) is 0.867. The van der Waals surface area contributed by atoms with Crippen molar-refractivity contribution in [3.05, 3.63) is 0 Å². The van der Waals surface area contributed by atoms with Crippen molar-refractivity contribution < 1.29 is 14.3 Å². The van der Waals surface area contributed by atoms with E-state index in [0.717, 1.165) is 19.4 Å². The van der Waals surface area contributed by atoms with E-state index in [4.69, 9.17) is 4.74 Å². The molecule has 3 aliphatic heterocycles. The van der Waals surface area contributed by atoms with Gasteiger partial charge in [-0.15, -0.1) is 0 Å². The summed E-state index contributed by atoms with van der Waals surface area (Å²) in [5.74, 6) is 0.209. The Morgan fingerprint density at radius 2 is 1.95 bits per heavy atom. The van der Waals surface area contributed by atoms with Crippen LogP contribution in [0.3, 0.4) is 0 Å². The number of piperazine rings is 1. The molecule has 0 saturated carbocycles. The highest BCUT2D eigenvalue weighted by Gasteiger charge is 2.49. The van der Waals surface area contributed by atoms with Crippen LogP contribution >= 0.6 is 0 Å². The first kappa shape index (κ1) is 14.8. The molecule has 118 valence electrons. The molecule has 3 fully saturated rings. The Morgan fingerprint density at radius 3 is 2.52 bits per heavy atom. The number of nitrogens with zero attached hydrogens (tertiary/aromatic N) is 2. The van der Waals surface area contributed by atoms with Crippen LogP contribution < -0.4 is 5.32 Å². The number of rotatable bonds is 1. The molecule has 3 saturated heterocycles. The summed E-state index contributed by atoms with van der Waals surface area (Å²) in [4.78, 5) is 29.0. The summed E-state index contributed by atoms with van der Waals surface area (Å²) in [7, 11) is 2.01. The zero-order valence-corrected chi connectivity index (χ0v) is 13.0. The molecule has 1 atom stereocenters. The minimum atomic E-state index is -0.648. The number of likely N-dealkylation sites (tertiary alicyclic amines) is 1. The Bertz CT molecular complexity index is 437. The molecule has 3 rings (SSSR count). The first-order valence-electron chi connectivity index (χ1n) is 7.91. The number of carbonyl (C=O) groups excluding carboxylic acids is 2. The third-order valence-electron chi connectivity index (χ3n) is 5.44. The highest BCUT2D eigenvalue weighted by atomic mass is 16.5. The summed E-state index contributed by atoms with van der Waals surface area (Å²) in [6.07, 6.45) is 3.16. The van der Waals surface area contributed by atoms with Gasteiger partial charge in [-0.05, 0) is 39.7 Å². The second kappa shape index (κ2) is 5.25. The molecule has 3 heterocycles. The largest absolute Gasteiger partial charge is 0.365 e. The number of hydrogen-bond acceptors (Lipinski definition) is 4. The van der Waals surface area contributed by atoms with Gasteiger partial charge in [0.15, 0.2) is 0 Å². The summed E-state index contributed by atoms with van der Waals surface area (Å²) in [5.41, 5.74) is -1.07. The molecule has 21 heavy (non-hydrogen) atoms. The average Bonchev–Trinajstić information content (AvgIpc) is 2.93. The van der Waals surface area contributed by atoms with E-state index < -0.39 is 11.1 Å². The Morgan fingerprint density at radius 1 is 1.24 bits per heavy atom. The van der Waals surface area contributed by atoms with Gasteiger partial charge in [-0.2, -0.15) is 0 Å². The molecule has 0 unspecified atom stereocenters. The molecular weight excluding hydrogens is 270 g/mol. The van der Waals surface area contributed by atoms with Crippen molar-refractivity contribution in [1.82, 2.24) is 15.1 Å². The Labute approximate surface area is 125 Å². The summed E-state index contributed by atoms with van der Waals surface area (Å²) < 4.78 is 5.65. The SMILES string of the molecule is CN1CCNC(=O)C12CCN(C(=O)[C@]1(C)CCCO1)CC2. The molecule has 0 aromatic rings. The van der Waals surface area contributed by atoms with Crippen LogP contribution in [0.4, 0.5) is 0 Å². The van der Waals surface area contributed by atoms with Gasteiger partial charge in [-0.25, -0.2) is 0 Å². The van der Waals surface area contributed by atoms with Crippen molar-refractivity contribution >= 4 is 11.8 Å². The van der Waals surface area contributed by atoms with Crippen molar-refractivity contribution in [3.63, 3.8) is 0 Å². The van der Waals surface area contributed by atoms with E-state index in [1.54, 1.807) is 0 Å². The van der Waals surface area contributed by atoms with Crippen LogP contribution in [0, 0.1) is 0 Å². The fourth-order valence-corrected chi connectivity index (χ4v) is 3.86. The molecule has 0 radical (unpaired) electrons. The Kier molecular flexibility index (Phi) is 3.69. The van der Waals surface area contributed by atoms with Gasteiger partial charge in [-0.3, -0.25) is 14.5 Å². The number of amides is 2. The lowest BCUT2D eigenvalue weighted by atomic mass is 9.83. The molecule has 1 spiro atoms. The first-order chi connectivity index (χ1) is 9.98. The molecule has 0 aliphatic carbocycles. The molecule has 0 bridgehead atoms. The third-order valence-corrected chi connectivity index (χ3v) is 5.44. The fourth-order valence-electron chi connectivity index (χ4n) is 3.86. The molecule has 3 aliphatic rings. The van der Waals surface area contributed by atoms with Crippen molar-refractivity contribution in [1.29, 1.82) is 0 Å². The first-order valence-corrected chi connectivity index (χ1v) is 7.91. The zero-order valence-electron chi connectivity index (χ0n) is 13.0. The highest BCUT2D eigenvalue weighted by Crippen LogP contribution is 2.33. The molecule has 0 aromatic heterocycles. The minimum Gasteiger partial charge on any atom is -0.365 e. The van der Waals surface area contributed by atoms with E-state index in [1.807, 2.05) is 18.9 Å². The minimum absolute atomic E-state index is 0.0914. The van der Waals surface area contributed by atoms with Gasteiger partial charge in [-0.1, -0.05) is 0 Å². The lowest BCUT2D eigenvalue weighted by molar-refractivity contribution is -0.157. The van der Waals surface area contributed by atoms with Crippen LogP contribution in [-0.2, 0) is 14.3 Å². The Hall–Kier alpha value is -1.14. The Balaban J connectivity index is 1.67. The van der Waals surface area contributed by atoms with Gasteiger partial charge in [0.05, 0.1) is 0 Å². The summed E-state index contributed by atoms with van der Waals surface area (Å²) in [5, 5.41) is 2.97. The molecular formula is C15H25N3O3. The van der Waals surface area contributed by atoms with Crippen molar-refractivity contribution in [3.8, 4) is 0 Å². The summed E-state index contributed by atoms with van der Waals surface area (Å²) in [6.45, 7) is 5.43. The summed E-state index contributed by atoms with van der Waals surface area (Å²) >= 11 is 0. The number of nitrogens with one attached hydrogen (secondary N) is 1. The van der Waals surface area contributed by atoms with E-state index >= 15 is 0 Å². The third kappa shape index (κ3) is 2.34. The maximum Gasteiger partial charge on any atom is 0.254 e.